The van der Waals surface area contributed by atoms with Crippen molar-refractivity contribution in [2.45, 2.75) is 6.92 Å². The van der Waals surface area contributed by atoms with E-state index in [1.54, 1.807) is 18.2 Å². The number of aryl methyl sites for hydroxylation is 1. The van der Waals surface area contributed by atoms with Crippen molar-refractivity contribution in [3.8, 4) is 22.8 Å². The molecule has 0 saturated carbocycles. The van der Waals surface area contributed by atoms with Gasteiger partial charge in [-0.3, -0.25) is 4.79 Å². The van der Waals surface area contributed by atoms with E-state index in [2.05, 4.69) is 14.9 Å². The Kier molecular flexibility index (Phi) is 4.07. The molecule has 6 nitrogen and oxygen atoms in total. The van der Waals surface area contributed by atoms with Gasteiger partial charge in [0.1, 0.15) is 23.8 Å². The van der Waals surface area contributed by atoms with Crippen LogP contribution in [0.5, 0.6) is 11.5 Å². The third-order valence-corrected chi connectivity index (χ3v) is 4.54. The highest BCUT2D eigenvalue weighted by Crippen LogP contribution is 2.33. The van der Waals surface area contributed by atoms with Crippen LogP contribution in [-0.2, 0) is 0 Å². The molecule has 7 heteroatoms. The van der Waals surface area contributed by atoms with E-state index in [0.717, 1.165) is 22.7 Å². The summed E-state index contributed by atoms with van der Waals surface area (Å²) < 4.78 is 15.0. The topological polar surface area (TPSA) is 73.3 Å². The Balaban J connectivity index is 1.58. The first-order valence-corrected chi connectivity index (χ1v) is 8.58. The van der Waals surface area contributed by atoms with E-state index in [1.165, 1.54) is 0 Å². The van der Waals surface area contributed by atoms with E-state index < -0.39 is 0 Å². The smallest absolute Gasteiger partial charge is 0.269 e. The number of aromatic nitrogens is 2. The summed E-state index contributed by atoms with van der Waals surface area (Å²) in [5, 5.41) is 6.98. The molecular formula is C18H15N3O3S. The number of hydrogen-bond donors (Lipinski definition) is 1. The monoisotopic (exact) mass is 353 g/mol. The largest absolute Gasteiger partial charge is 0.486 e. The summed E-state index contributed by atoms with van der Waals surface area (Å²) in [5.74, 6) is 1.07. The Morgan fingerprint density at radius 1 is 1.08 bits per heavy atom. The standard InChI is InChI=1S/C18H15N3O3S/c1-11-2-4-12(5-3-11)16-17(25-21-20-16)18(22)19-13-6-7-14-15(10-13)24-9-8-23-14/h2-7,10H,8-9H2,1H3,(H,19,22). The highest BCUT2D eigenvalue weighted by atomic mass is 32.1. The molecule has 0 bridgehead atoms. The summed E-state index contributed by atoms with van der Waals surface area (Å²) in [6.45, 7) is 3.05. The maximum Gasteiger partial charge on any atom is 0.269 e. The van der Waals surface area contributed by atoms with Crippen molar-refractivity contribution in [2.75, 3.05) is 18.5 Å². The molecule has 25 heavy (non-hydrogen) atoms. The summed E-state index contributed by atoms with van der Waals surface area (Å²) in [7, 11) is 0. The number of nitrogens with zero attached hydrogens (tertiary/aromatic N) is 2. The van der Waals surface area contributed by atoms with Crippen LogP contribution in [0.3, 0.4) is 0 Å². The van der Waals surface area contributed by atoms with Crippen molar-refractivity contribution in [3.63, 3.8) is 0 Å². The fraction of sp³-hybridized carbons (Fsp3) is 0.167. The van der Waals surface area contributed by atoms with E-state index in [-0.39, 0.29) is 5.91 Å². The van der Waals surface area contributed by atoms with Gasteiger partial charge in [-0.1, -0.05) is 34.3 Å². The van der Waals surface area contributed by atoms with Crippen LogP contribution >= 0.6 is 11.5 Å². The lowest BCUT2D eigenvalue weighted by atomic mass is 10.1. The van der Waals surface area contributed by atoms with Crippen LogP contribution in [0, 0.1) is 6.92 Å². The fourth-order valence-electron chi connectivity index (χ4n) is 2.55. The molecule has 1 aliphatic rings. The maximum absolute atomic E-state index is 12.7. The first kappa shape index (κ1) is 15.6. The molecule has 0 saturated heterocycles. The number of benzene rings is 2. The zero-order valence-corrected chi connectivity index (χ0v) is 14.3. The lowest BCUT2D eigenvalue weighted by molar-refractivity contribution is 0.103. The molecule has 0 aliphatic carbocycles. The molecule has 4 rings (SSSR count). The molecule has 1 aromatic heterocycles. The first-order valence-electron chi connectivity index (χ1n) is 7.81. The minimum absolute atomic E-state index is 0.248. The molecule has 0 radical (unpaired) electrons. The van der Waals surface area contributed by atoms with Crippen molar-refractivity contribution in [1.82, 2.24) is 9.59 Å². The number of anilines is 1. The summed E-state index contributed by atoms with van der Waals surface area (Å²) in [5.41, 5.74) is 3.23. The van der Waals surface area contributed by atoms with E-state index in [0.29, 0.717) is 41.0 Å². The lowest BCUT2D eigenvalue weighted by Crippen LogP contribution is -2.16. The van der Waals surface area contributed by atoms with Gasteiger partial charge in [0.25, 0.3) is 5.91 Å². The number of ether oxygens (including phenoxy) is 2. The van der Waals surface area contributed by atoms with Gasteiger partial charge < -0.3 is 14.8 Å². The van der Waals surface area contributed by atoms with E-state index in [1.807, 2.05) is 31.2 Å². The average molecular weight is 353 g/mol. The maximum atomic E-state index is 12.7. The minimum Gasteiger partial charge on any atom is -0.486 e. The Bertz CT molecular complexity index is 922. The van der Waals surface area contributed by atoms with Crippen LogP contribution < -0.4 is 14.8 Å². The van der Waals surface area contributed by atoms with Crippen LogP contribution in [0.1, 0.15) is 15.2 Å². The molecule has 0 atom stereocenters. The Morgan fingerprint density at radius 3 is 2.64 bits per heavy atom. The second-order valence-electron chi connectivity index (χ2n) is 5.63. The summed E-state index contributed by atoms with van der Waals surface area (Å²) >= 11 is 1.08. The first-order chi connectivity index (χ1) is 12.2. The Hall–Kier alpha value is -2.93. The molecule has 0 unspecified atom stereocenters. The SMILES string of the molecule is Cc1ccc(-c2nnsc2C(=O)Nc2ccc3c(c2)OCCO3)cc1. The van der Waals surface area contributed by atoms with E-state index >= 15 is 0 Å². The molecule has 1 N–H and O–H groups in total. The quantitative estimate of drug-likeness (QED) is 0.780. The van der Waals surface area contributed by atoms with Gasteiger partial charge in [-0.25, -0.2) is 0 Å². The minimum atomic E-state index is -0.248. The number of amides is 1. The number of fused-ring (bicyclic) bond motifs is 1. The van der Waals surface area contributed by atoms with Crippen molar-refractivity contribution in [1.29, 1.82) is 0 Å². The van der Waals surface area contributed by atoms with Crippen LogP contribution in [0.2, 0.25) is 0 Å². The normalized spacial score (nSPS) is 12.7. The molecule has 2 heterocycles. The van der Waals surface area contributed by atoms with Gasteiger partial charge in [-0.05, 0) is 30.6 Å². The lowest BCUT2D eigenvalue weighted by Gasteiger charge is -2.18. The van der Waals surface area contributed by atoms with E-state index in [4.69, 9.17) is 9.47 Å². The Labute approximate surface area is 148 Å². The van der Waals surface area contributed by atoms with Crippen molar-refractivity contribution >= 4 is 23.1 Å². The van der Waals surface area contributed by atoms with Gasteiger partial charge in [-0.15, -0.1) is 5.10 Å². The van der Waals surface area contributed by atoms with Crippen molar-refractivity contribution in [3.05, 3.63) is 52.9 Å². The van der Waals surface area contributed by atoms with Crippen LogP contribution in [0.15, 0.2) is 42.5 Å². The predicted octanol–water partition coefficient (Wildman–Crippen LogP) is 3.54. The summed E-state index contributed by atoms with van der Waals surface area (Å²) in [6, 6.07) is 13.2. The molecule has 126 valence electrons. The summed E-state index contributed by atoms with van der Waals surface area (Å²) in [4.78, 5) is 13.1. The van der Waals surface area contributed by atoms with Crippen molar-refractivity contribution in [2.24, 2.45) is 0 Å². The fourth-order valence-corrected chi connectivity index (χ4v) is 3.13. The molecular weight excluding hydrogens is 338 g/mol. The van der Waals surface area contributed by atoms with Crippen molar-refractivity contribution < 1.29 is 14.3 Å². The highest BCUT2D eigenvalue weighted by molar-refractivity contribution is 7.08. The molecule has 0 spiro atoms. The molecule has 3 aromatic rings. The van der Waals surface area contributed by atoms with E-state index in [9.17, 15) is 4.79 Å². The third kappa shape index (κ3) is 3.18. The van der Waals surface area contributed by atoms with Crippen LogP contribution in [0.4, 0.5) is 5.69 Å². The van der Waals surface area contributed by atoms with Gasteiger partial charge >= 0.3 is 0 Å². The average Bonchev–Trinajstić information content (AvgIpc) is 3.12. The number of carbonyl (C=O) groups is 1. The number of hydrogen-bond acceptors (Lipinski definition) is 6. The zero-order valence-electron chi connectivity index (χ0n) is 13.5. The highest BCUT2D eigenvalue weighted by Gasteiger charge is 2.19. The number of carbonyl (C=O) groups excluding carboxylic acids is 1. The second-order valence-corrected chi connectivity index (χ2v) is 6.38. The number of rotatable bonds is 3. The number of nitrogens with one attached hydrogen (secondary N) is 1. The summed E-state index contributed by atoms with van der Waals surface area (Å²) in [6.07, 6.45) is 0. The molecule has 1 aliphatic heterocycles. The van der Waals surface area contributed by atoms with Crippen LogP contribution in [-0.4, -0.2) is 28.7 Å². The van der Waals surface area contributed by atoms with Gasteiger partial charge in [0.05, 0.1) is 0 Å². The van der Waals surface area contributed by atoms with Gasteiger partial charge in [0.2, 0.25) is 0 Å². The van der Waals surface area contributed by atoms with Gasteiger partial charge in [-0.2, -0.15) is 0 Å². The molecule has 0 fully saturated rings. The third-order valence-electron chi connectivity index (χ3n) is 3.82. The zero-order chi connectivity index (χ0) is 17.2. The molecule has 1 amide bonds. The Morgan fingerprint density at radius 2 is 1.84 bits per heavy atom. The molecule has 2 aromatic carbocycles. The van der Waals surface area contributed by atoms with Gasteiger partial charge in [0.15, 0.2) is 11.5 Å². The predicted molar refractivity (Wildman–Crippen MR) is 95.5 cm³/mol. The second kappa shape index (κ2) is 6.52. The van der Waals surface area contributed by atoms with Gasteiger partial charge in [0, 0.05) is 17.3 Å². The van der Waals surface area contributed by atoms with Crippen LogP contribution in [0.25, 0.3) is 11.3 Å².